The Morgan fingerprint density at radius 3 is 2.82 bits per heavy atom. The number of nitrogens with zero attached hydrogens (tertiary/aromatic N) is 1. The summed E-state index contributed by atoms with van der Waals surface area (Å²) in [5, 5.41) is 7.49. The number of nitrogens with one attached hydrogen (secondary N) is 3. The SMILES string of the molecule is Cc1ccc2[nH]c(C(=O)NCCN3CCNCC3)c(C)c2c1. The molecule has 3 rings (SSSR count). The standard InChI is InChI=1S/C17H24N4O/c1-12-3-4-15-14(11-12)13(2)16(20-15)17(22)19-7-10-21-8-5-18-6-9-21/h3-4,11,18,20H,5-10H2,1-2H3,(H,19,22). The average Bonchev–Trinajstić information content (AvgIpc) is 2.85. The van der Waals surface area contributed by atoms with Gasteiger partial charge >= 0.3 is 0 Å². The third kappa shape index (κ3) is 3.15. The lowest BCUT2D eigenvalue weighted by Gasteiger charge is -2.27. The van der Waals surface area contributed by atoms with Crippen LogP contribution in [0.5, 0.6) is 0 Å². The van der Waals surface area contributed by atoms with Crippen molar-refractivity contribution in [3.8, 4) is 0 Å². The van der Waals surface area contributed by atoms with Crippen LogP contribution in [0.1, 0.15) is 21.6 Å². The molecule has 1 aromatic carbocycles. The van der Waals surface area contributed by atoms with Gasteiger partial charge in [0, 0.05) is 50.2 Å². The van der Waals surface area contributed by atoms with E-state index >= 15 is 0 Å². The molecule has 0 radical (unpaired) electrons. The van der Waals surface area contributed by atoms with E-state index in [9.17, 15) is 4.79 Å². The molecule has 0 aliphatic carbocycles. The van der Waals surface area contributed by atoms with Crippen molar-refractivity contribution in [3.63, 3.8) is 0 Å². The summed E-state index contributed by atoms with van der Waals surface area (Å²) in [4.78, 5) is 18.0. The number of piperazine rings is 1. The van der Waals surface area contributed by atoms with Crippen LogP contribution in [0, 0.1) is 13.8 Å². The second-order valence-corrected chi connectivity index (χ2v) is 6.02. The summed E-state index contributed by atoms with van der Waals surface area (Å²) in [6.07, 6.45) is 0. The first-order chi connectivity index (χ1) is 10.6. The van der Waals surface area contributed by atoms with E-state index in [0.717, 1.165) is 49.2 Å². The van der Waals surface area contributed by atoms with Gasteiger partial charge in [0.15, 0.2) is 0 Å². The van der Waals surface area contributed by atoms with Crippen molar-refractivity contribution >= 4 is 16.8 Å². The van der Waals surface area contributed by atoms with Crippen molar-refractivity contribution in [1.82, 2.24) is 20.5 Å². The molecule has 5 nitrogen and oxygen atoms in total. The highest BCUT2D eigenvalue weighted by Gasteiger charge is 2.15. The molecule has 3 N–H and O–H groups in total. The molecule has 1 fully saturated rings. The van der Waals surface area contributed by atoms with Crippen molar-refractivity contribution in [2.45, 2.75) is 13.8 Å². The minimum atomic E-state index is -0.0125. The lowest BCUT2D eigenvalue weighted by atomic mass is 10.1. The number of aryl methyl sites for hydroxylation is 2. The Morgan fingerprint density at radius 1 is 1.27 bits per heavy atom. The summed E-state index contributed by atoms with van der Waals surface area (Å²) < 4.78 is 0. The number of fused-ring (bicyclic) bond motifs is 1. The number of carbonyl (C=O) groups excluding carboxylic acids is 1. The molecule has 1 aliphatic rings. The first-order valence-electron chi connectivity index (χ1n) is 7.95. The number of hydrogen-bond donors (Lipinski definition) is 3. The van der Waals surface area contributed by atoms with Gasteiger partial charge in [0.05, 0.1) is 0 Å². The molecular weight excluding hydrogens is 276 g/mol. The molecule has 2 aromatic rings. The predicted octanol–water partition coefficient (Wildman–Crippen LogP) is 1.42. The van der Waals surface area contributed by atoms with Crippen LogP contribution in [-0.2, 0) is 0 Å². The Labute approximate surface area is 131 Å². The molecule has 1 aromatic heterocycles. The second-order valence-electron chi connectivity index (χ2n) is 6.02. The summed E-state index contributed by atoms with van der Waals surface area (Å²) >= 11 is 0. The highest BCUT2D eigenvalue weighted by Crippen LogP contribution is 2.22. The molecule has 22 heavy (non-hydrogen) atoms. The molecular formula is C17H24N4O. The van der Waals surface area contributed by atoms with Crippen molar-refractivity contribution < 1.29 is 4.79 Å². The van der Waals surface area contributed by atoms with Gasteiger partial charge in [0.25, 0.3) is 5.91 Å². The highest BCUT2D eigenvalue weighted by molar-refractivity contribution is 6.01. The third-order valence-corrected chi connectivity index (χ3v) is 4.36. The molecule has 1 amide bonds. The fourth-order valence-corrected chi connectivity index (χ4v) is 3.02. The van der Waals surface area contributed by atoms with Gasteiger partial charge in [-0.05, 0) is 31.5 Å². The van der Waals surface area contributed by atoms with Crippen LogP contribution in [-0.4, -0.2) is 55.1 Å². The van der Waals surface area contributed by atoms with E-state index in [-0.39, 0.29) is 5.91 Å². The van der Waals surface area contributed by atoms with E-state index in [1.54, 1.807) is 0 Å². The van der Waals surface area contributed by atoms with Crippen molar-refractivity contribution in [2.75, 3.05) is 39.3 Å². The molecule has 0 atom stereocenters. The summed E-state index contributed by atoms with van der Waals surface area (Å²) in [5.41, 5.74) is 3.94. The predicted molar refractivity (Wildman–Crippen MR) is 89.4 cm³/mol. The Balaban J connectivity index is 1.63. The van der Waals surface area contributed by atoms with Crippen LogP contribution >= 0.6 is 0 Å². The van der Waals surface area contributed by atoms with E-state index in [1.807, 2.05) is 13.0 Å². The monoisotopic (exact) mass is 300 g/mol. The first kappa shape index (κ1) is 15.1. The van der Waals surface area contributed by atoms with E-state index < -0.39 is 0 Å². The summed E-state index contributed by atoms with van der Waals surface area (Å²) in [6, 6.07) is 6.22. The van der Waals surface area contributed by atoms with Gasteiger partial charge in [-0.2, -0.15) is 0 Å². The smallest absolute Gasteiger partial charge is 0.268 e. The van der Waals surface area contributed by atoms with Gasteiger partial charge in [-0.15, -0.1) is 0 Å². The molecule has 0 bridgehead atoms. The largest absolute Gasteiger partial charge is 0.350 e. The molecule has 5 heteroatoms. The minimum absolute atomic E-state index is 0.0125. The Hall–Kier alpha value is -1.85. The van der Waals surface area contributed by atoms with Gasteiger partial charge in [0.2, 0.25) is 0 Å². The van der Waals surface area contributed by atoms with E-state index in [0.29, 0.717) is 12.2 Å². The quantitative estimate of drug-likeness (QED) is 0.800. The van der Waals surface area contributed by atoms with Crippen molar-refractivity contribution in [2.24, 2.45) is 0 Å². The summed E-state index contributed by atoms with van der Waals surface area (Å²) in [7, 11) is 0. The maximum absolute atomic E-state index is 12.4. The summed E-state index contributed by atoms with van der Waals surface area (Å²) in [6.45, 7) is 9.85. The Bertz CT molecular complexity index is 671. The zero-order chi connectivity index (χ0) is 15.5. The molecule has 0 spiro atoms. The number of aromatic amines is 1. The van der Waals surface area contributed by atoms with Crippen molar-refractivity contribution in [3.05, 3.63) is 35.0 Å². The number of H-pyrrole nitrogens is 1. The number of carbonyl (C=O) groups is 1. The minimum Gasteiger partial charge on any atom is -0.350 e. The maximum Gasteiger partial charge on any atom is 0.268 e. The number of benzene rings is 1. The molecule has 118 valence electrons. The van der Waals surface area contributed by atoms with Crippen LogP contribution in [0.4, 0.5) is 0 Å². The van der Waals surface area contributed by atoms with E-state index in [2.05, 4.69) is 39.6 Å². The maximum atomic E-state index is 12.4. The molecule has 2 heterocycles. The second kappa shape index (κ2) is 6.50. The van der Waals surface area contributed by atoms with Crippen LogP contribution in [0.15, 0.2) is 18.2 Å². The number of amides is 1. The van der Waals surface area contributed by atoms with Gasteiger partial charge in [-0.3, -0.25) is 9.69 Å². The van der Waals surface area contributed by atoms with Crippen LogP contribution in [0.2, 0.25) is 0 Å². The normalized spacial score (nSPS) is 16.1. The molecule has 0 unspecified atom stereocenters. The molecule has 0 saturated carbocycles. The molecule has 1 saturated heterocycles. The number of rotatable bonds is 4. The topological polar surface area (TPSA) is 60.2 Å². The lowest BCUT2D eigenvalue weighted by molar-refractivity contribution is 0.0942. The Morgan fingerprint density at radius 2 is 2.05 bits per heavy atom. The van der Waals surface area contributed by atoms with E-state index in [4.69, 9.17) is 0 Å². The fraction of sp³-hybridized carbons (Fsp3) is 0.471. The highest BCUT2D eigenvalue weighted by atomic mass is 16.1. The zero-order valence-corrected chi connectivity index (χ0v) is 13.3. The van der Waals surface area contributed by atoms with Crippen molar-refractivity contribution in [1.29, 1.82) is 0 Å². The molecule has 1 aliphatic heterocycles. The lowest BCUT2D eigenvalue weighted by Crippen LogP contribution is -2.46. The van der Waals surface area contributed by atoms with Gasteiger partial charge in [0.1, 0.15) is 5.69 Å². The Kier molecular flexibility index (Phi) is 4.45. The van der Waals surface area contributed by atoms with Crippen LogP contribution in [0.25, 0.3) is 10.9 Å². The summed E-state index contributed by atoms with van der Waals surface area (Å²) in [5.74, 6) is -0.0125. The first-order valence-corrected chi connectivity index (χ1v) is 7.95. The fourth-order valence-electron chi connectivity index (χ4n) is 3.02. The van der Waals surface area contributed by atoms with Gasteiger partial charge < -0.3 is 15.6 Å². The van der Waals surface area contributed by atoms with Crippen LogP contribution < -0.4 is 10.6 Å². The number of hydrogen-bond acceptors (Lipinski definition) is 3. The van der Waals surface area contributed by atoms with Gasteiger partial charge in [-0.1, -0.05) is 11.6 Å². The number of aromatic nitrogens is 1. The van der Waals surface area contributed by atoms with Crippen LogP contribution in [0.3, 0.4) is 0 Å². The van der Waals surface area contributed by atoms with Gasteiger partial charge in [-0.25, -0.2) is 0 Å². The third-order valence-electron chi connectivity index (χ3n) is 4.36. The zero-order valence-electron chi connectivity index (χ0n) is 13.3. The average molecular weight is 300 g/mol. The van der Waals surface area contributed by atoms with E-state index in [1.165, 1.54) is 5.56 Å².